The number of carbonyl (C=O) groups is 2. The molecule has 1 saturated heterocycles. The molecule has 0 bridgehead atoms. The van der Waals surface area contributed by atoms with Gasteiger partial charge >= 0.3 is 0 Å². The molecule has 1 fully saturated rings. The molecule has 1 aromatic carbocycles. The van der Waals surface area contributed by atoms with Gasteiger partial charge in [0.05, 0.1) is 6.10 Å². The number of aliphatic hydroxyl groups is 1. The number of nitrogens with zero attached hydrogens (tertiary/aromatic N) is 1. The van der Waals surface area contributed by atoms with Crippen LogP contribution in [0.15, 0.2) is 30.3 Å². The Morgan fingerprint density at radius 3 is 2.62 bits per heavy atom. The van der Waals surface area contributed by atoms with Crippen LogP contribution in [0.1, 0.15) is 30.6 Å². The molecule has 3 unspecified atom stereocenters. The van der Waals surface area contributed by atoms with E-state index in [0.717, 1.165) is 0 Å². The third-order valence-corrected chi connectivity index (χ3v) is 3.93. The number of amides is 2. The quantitative estimate of drug-likeness (QED) is 0.873. The summed E-state index contributed by atoms with van der Waals surface area (Å²) in [6.07, 6.45) is 0.245. The van der Waals surface area contributed by atoms with Crippen LogP contribution in [0.4, 0.5) is 0 Å². The van der Waals surface area contributed by atoms with Crippen molar-refractivity contribution in [1.29, 1.82) is 0 Å². The molecule has 1 aliphatic heterocycles. The van der Waals surface area contributed by atoms with Gasteiger partial charge in [-0.15, -0.1) is 0 Å². The molecule has 114 valence electrons. The minimum Gasteiger partial charge on any atom is -0.393 e. The third kappa shape index (κ3) is 3.82. The van der Waals surface area contributed by atoms with Crippen molar-refractivity contribution in [3.8, 4) is 0 Å². The first-order valence-corrected chi connectivity index (χ1v) is 7.32. The highest BCUT2D eigenvalue weighted by Crippen LogP contribution is 2.17. The molecule has 1 aromatic rings. The van der Waals surface area contributed by atoms with Gasteiger partial charge in [0.25, 0.3) is 5.91 Å². The summed E-state index contributed by atoms with van der Waals surface area (Å²) in [5, 5.41) is 12.4. The van der Waals surface area contributed by atoms with E-state index in [0.29, 0.717) is 25.1 Å². The van der Waals surface area contributed by atoms with Crippen molar-refractivity contribution in [3.05, 3.63) is 35.9 Å². The molecule has 0 aliphatic carbocycles. The number of aliphatic hydroxyl groups excluding tert-OH is 1. The van der Waals surface area contributed by atoms with Gasteiger partial charge in [-0.25, -0.2) is 0 Å². The normalized spacial score (nSPS) is 23.5. The highest BCUT2D eigenvalue weighted by atomic mass is 16.3. The summed E-state index contributed by atoms with van der Waals surface area (Å²) < 4.78 is 0. The van der Waals surface area contributed by atoms with Gasteiger partial charge in [0.2, 0.25) is 5.91 Å². The molecule has 5 nitrogen and oxygen atoms in total. The van der Waals surface area contributed by atoms with Gasteiger partial charge in [-0.1, -0.05) is 25.1 Å². The lowest BCUT2D eigenvalue weighted by Gasteiger charge is -2.35. The SMILES string of the molecule is CC(NC(=O)c1ccccc1)C(=O)N1CCC(O)C(C)C1. The second-order valence-corrected chi connectivity index (χ2v) is 5.68. The van der Waals surface area contributed by atoms with Crippen LogP contribution < -0.4 is 5.32 Å². The molecular formula is C16H22N2O3. The smallest absolute Gasteiger partial charge is 0.251 e. The van der Waals surface area contributed by atoms with Crippen LogP contribution in [0.3, 0.4) is 0 Å². The van der Waals surface area contributed by atoms with Crippen molar-refractivity contribution in [2.24, 2.45) is 5.92 Å². The predicted molar refractivity (Wildman–Crippen MR) is 79.7 cm³/mol. The fraction of sp³-hybridized carbons (Fsp3) is 0.500. The van der Waals surface area contributed by atoms with E-state index in [1.165, 1.54) is 0 Å². The lowest BCUT2D eigenvalue weighted by Crippen LogP contribution is -2.52. The maximum atomic E-state index is 12.3. The number of hydrogen-bond acceptors (Lipinski definition) is 3. The monoisotopic (exact) mass is 290 g/mol. The van der Waals surface area contributed by atoms with Crippen molar-refractivity contribution in [3.63, 3.8) is 0 Å². The van der Waals surface area contributed by atoms with Crippen molar-refractivity contribution in [1.82, 2.24) is 10.2 Å². The topological polar surface area (TPSA) is 69.6 Å². The number of hydrogen-bond donors (Lipinski definition) is 2. The zero-order valence-electron chi connectivity index (χ0n) is 12.5. The summed E-state index contributed by atoms with van der Waals surface area (Å²) in [7, 11) is 0. The molecule has 2 rings (SSSR count). The number of benzene rings is 1. The molecule has 0 radical (unpaired) electrons. The van der Waals surface area contributed by atoms with E-state index in [1.807, 2.05) is 13.0 Å². The van der Waals surface area contributed by atoms with Gasteiger partial charge < -0.3 is 15.3 Å². The largest absolute Gasteiger partial charge is 0.393 e. The lowest BCUT2D eigenvalue weighted by atomic mass is 9.96. The third-order valence-electron chi connectivity index (χ3n) is 3.93. The standard InChI is InChI=1S/C16H22N2O3/c1-11-10-18(9-8-14(11)19)16(21)12(2)17-15(20)13-6-4-3-5-7-13/h3-7,11-12,14,19H,8-10H2,1-2H3,(H,17,20). The molecule has 0 aromatic heterocycles. The van der Waals surface area contributed by atoms with Crippen LogP contribution in [-0.2, 0) is 4.79 Å². The fourth-order valence-corrected chi connectivity index (χ4v) is 2.54. The summed E-state index contributed by atoms with van der Waals surface area (Å²) in [6, 6.07) is 8.27. The number of likely N-dealkylation sites (tertiary alicyclic amines) is 1. The summed E-state index contributed by atoms with van der Waals surface area (Å²) in [5.41, 5.74) is 0.541. The van der Waals surface area contributed by atoms with Gasteiger partial charge in [-0.05, 0) is 31.4 Å². The predicted octanol–water partition coefficient (Wildman–Crippen LogP) is 1.03. The maximum absolute atomic E-state index is 12.3. The van der Waals surface area contributed by atoms with Crippen LogP contribution in [0.2, 0.25) is 0 Å². The van der Waals surface area contributed by atoms with Crippen LogP contribution in [-0.4, -0.2) is 47.1 Å². The molecule has 3 atom stereocenters. The fourth-order valence-electron chi connectivity index (χ4n) is 2.54. The van der Waals surface area contributed by atoms with E-state index in [-0.39, 0.29) is 23.8 Å². The minimum absolute atomic E-state index is 0.0692. The van der Waals surface area contributed by atoms with Crippen molar-refractivity contribution >= 4 is 11.8 Å². The first-order chi connectivity index (χ1) is 9.99. The number of rotatable bonds is 3. The summed E-state index contributed by atoms with van der Waals surface area (Å²) in [4.78, 5) is 26.1. The Balaban J connectivity index is 1.92. The molecule has 21 heavy (non-hydrogen) atoms. The van der Waals surface area contributed by atoms with Crippen LogP contribution in [0.5, 0.6) is 0 Å². The molecule has 0 spiro atoms. The highest BCUT2D eigenvalue weighted by Gasteiger charge is 2.30. The second-order valence-electron chi connectivity index (χ2n) is 5.68. The molecule has 0 saturated carbocycles. The van der Waals surface area contributed by atoms with E-state index in [1.54, 1.807) is 36.1 Å². The van der Waals surface area contributed by atoms with Gasteiger partial charge in [-0.2, -0.15) is 0 Å². The van der Waals surface area contributed by atoms with Crippen LogP contribution in [0.25, 0.3) is 0 Å². The summed E-state index contributed by atoms with van der Waals surface area (Å²) >= 11 is 0. The van der Waals surface area contributed by atoms with Crippen molar-refractivity contribution < 1.29 is 14.7 Å². The van der Waals surface area contributed by atoms with Crippen LogP contribution >= 0.6 is 0 Å². The molecular weight excluding hydrogens is 268 g/mol. The van der Waals surface area contributed by atoms with Crippen LogP contribution in [0, 0.1) is 5.92 Å². The molecule has 1 heterocycles. The summed E-state index contributed by atoms with van der Waals surface area (Å²) in [5.74, 6) is -0.278. The lowest BCUT2D eigenvalue weighted by molar-refractivity contribution is -0.136. The molecule has 5 heteroatoms. The van der Waals surface area contributed by atoms with E-state index < -0.39 is 6.04 Å². The highest BCUT2D eigenvalue weighted by molar-refractivity contribution is 5.97. The van der Waals surface area contributed by atoms with Gasteiger partial charge in [0.15, 0.2) is 0 Å². The zero-order valence-corrected chi connectivity index (χ0v) is 12.5. The Bertz CT molecular complexity index is 504. The number of piperidine rings is 1. The number of carbonyl (C=O) groups excluding carboxylic acids is 2. The number of nitrogens with one attached hydrogen (secondary N) is 1. The Kier molecular flexibility index (Phi) is 4.96. The van der Waals surface area contributed by atoms with Gasteiger partial charge in [0.1, 0.15) is 6.04 Å². The van der Waals surface area contributed by atoms with E-state index in [4.69, 9.17) is 0 Å². The molecule has 1 aliphatic rings. The summed E-state index contributed by atoms with van der Waals surface area (Å²) in [6.45, 7) is 4.69. The van der Waals surface area contributed by atoms with E-state index >= 15 is 0 Å². The second kappa shape index (κ2) is 6.72. The molecule has 2 amide bonds. The Labute approximate surface area is 125 Å². The van der Waals surface area contributed by atoms with Crippen molar-refractivity contribution in [2.75, 3.05) is 13.1 Å². The van der Waals surface area contributed by atoms with E-state index in [2.05, 4.69) is 5.32 Å². The molecule has 2 N–H and O–H groups in total. The van der Waals surface area contributed by atoms with Crippen molar-refractivity contribution in [2.45, 2.75) is 32.4 Å². The first-order valence-electron chi connectivity index (χ1n) is 7.32. The van der Waals surface area contributed by atoms with Gasteiger partial charge in [-0.3, -0.25) is 9.59 Å². The average Bonchev–Trinajstić information content (AvgIpc) is 2.50. The Hall–Kier alpha value is -1.88. The van der Waals surface area contributed by atoms with E-state index in [9.17, 15) is 14.7 Å². The van der Waals surface area contributed by atoms with Gasteiger partial charge in [0, 0.05) is 18.7 Å². The average molecular weight is 290 g/mol. The first kappa shape index (κ1) is 15.5. The Morgan fingerprint density at radius 2 is 2.00 bits per heavy atom. The zero-order chi connectivity index (χ0) is 15.4. The minimum atomic E-state index is -0.569. The maximum Gasteiger partial charge on any atom is 0.251 e. The Morgan fingerprint density at radius 1 is 1.33 bits per heavy atom.